The highest BCUT2D eigenvalue weighted by molar-refractivity contribution is 8.18. The second-order valence-electron chi connectivity index (χ2n) is 6.42. The van der Waals surface area contributed by atoms with Gasteiger partial charge >= 0.3 is 0 Å². The molecule has 28 heavy (non-hydrogen) atoms. The molecule has 1 atom stereocenters. The third kappa shape index (κ3) is 4.90. The van der Waals surface area contributed by atoms with E-state index in [9.17, 15) is 9.59 Å². The summed E-state index contributed by atoms with van der Waals surface area (Å²) in [7, 11) is 0. The summed E-state index contributed by atoms with van der Waals surface area (Å²) >= 11 is 12.9. The van der Waals surface area contributed by atoms with Crippen LogP contribution < -0.4 is 4.74 Å². The van der Waals surface area contributed by atoms with E-state index in [1.54, 1.807) is 24.3 Å². The molecule has 2 amide bonds. The van der Waals surface area contributed by atoms with Gasteiger partial charge in [0, 0.05) is 0 Å². The SMILES string of the molecule is CC[C@@H](C)Oc1ccc(/C=C2\SC(=O)N(Cc3ccc(Cl)c(Cl)c3)C2=O)cc1. The number of carbonyl (C=O) groups is 2. The van der Waals surface area contributed by atoms with Crippen molar-refractivity contribution in [2.75, 3.05) is 0 Å². The van der Waals surface area contributed by atoms with Gasteiger partial charge in [0.25, 0.3) is 11.1 Å². The summed E-state index contributed by atoms with van der Waals surface area (Å²) < 4.78 is 5.75. The highest BCUT2D eigenvalue weighted by Gasteiger charge is 2.35. The number of carbonyl (C=O) groups excluding carboxylic acids is 2. The molecule has 4 nitrogen and oxygen atoms in total. The van der Waals surface area contributed by atoms with E-state index in [1.165, 1.54) is 4.90 Å². The van der Waals surface area contributed by atoms with Gasteiger partial charge in [0.05, 0.1) is 27.6 Å². The molecule has 1 aliphatic rings. The Morgan fingerprint density at radius 1 is 1.11 bits per heavy atom. The molecule has 1 aliphatic heterocycles. The average Bonchev–Trinajstić information content (AvgIpc) is 2.93. The van der Waals surface area contributed by atoms with Crippen LogP contribution >= 0.6 is 35.0 Å². The van der Waals surface area contributed by atoms with Gasteiger partial charge in [0.1, 0.15) is 5.75 Å². The van der Waals surface area contributed by atoms with Crippen molar-refractivity contribution in [3.8, 4) is 5.75 Å². The Hall–Kier alpha value is -1.95. The molecule has 2 aromatic carbocycles. The summed E-state index contributed by atoms with van der Waals surface area (Å²) in [6.45, 7) is 4.23. The van der Waals surface area contributed by atoms with Gasteiger partial charge in [-0.15, -0.1) is 0 Å². The molecule has 0 aliphatic carbocycles. The van der Waals surface area contributed by atoms with Gasteiger partial charge in [-0.25, -0.2) is 0 Å². The molecule has 1 fully saturated rings. The topological polar surface area (TPSA) is 46.6 Å². The molecule has 0 unspecified atom stereocenters. The minimum absolute atomic E-state index is 0.142. The Morgan fingerprint density at radius 3 is 2.46 bits per heavy atom. The highest BCUT2D eigenvalue weighted by Crippen LogP contribution is 2.34. The van der Waals surface area contributed by atoms with Gasteiger partial charge in [0.2, 0.25) is 0 Å². The first kappa shape index (κ1) is 20.8. The van der Waals surface area contributed by atoms with Gasteiger partial charge in [-0.05, 0) is 66.6 Å². The van der Waals surface area contributed by atoms with E-state index in [4.69, 9.17) is 27.9 Å². The Labute approximate surface area is 178 Å². The predicted molar refractivity (Wildman–Crippen MR) is 115 cm³/mol. The molecular weight excluding hydrogens is 417 g/mol. The zero-order valence-corrected chi connectivity index (χ0v) is 17.8. The van der Waals surface area contributed by atoms with Crippen LogP contribution in [0.3, 0.4) is 0 Å². The summed E-state index contributed by atoms with van der Waals surface area (Å²) in [6.07, 6.45) is 2.78. The summed E-state index contributed by atoms with van der Waals surface area (Å²) in [5.74, 6) is 0.459. The van der Waals surface area contributed by atoms with Crippen molar-refractivity contribution in [2.24, 2.45) is 0 Å². The van der Waals surface area contributed by atoms with Gasteiger partial charge in [-0.2, -0.15) is 0 Å². The molecule has 146 valence electrons. The lowest BCUT2D eigenvalue weighted by Gasteiger charge is -2.13. The summed E-state index contributed by atoms with van der Waals surface area (Å²) in [5, 5.41) is 0.514. The Bertz CT molecular complexity index is 928. The number of halogens is 2. The van der Waals surface area contributed by atoms with Crippen LogP contribution in [0.25, 0.3) is 6.08 Å². The van der Waals surface area contributed by atoms with Gasteiger partial charge in [-0.1, -0.05) is 48.3 Å². The lowest BCUT2D eigenvalue weighted by molar-refractivity contribution is -0.123. The number of thioether (sulfide) groups is 1. The normalized spacial score (nSPS) is 16.7. The van der Waals surface area contributed by atoms with Crippen LogP contribution in [0.15, 0.2) is 47.4 Å². The molecule has 1 heterocycles. The van der Waals surface area contributed by atoms with Crippen LogP contribution in [0.4, 0.5) is 4.79 Å². The first-order chi connectivity index (χ1) is 13.4. The number of imide groups is 1. The van der Waals surface area contributed by atoms with E-state index >= 15 is 0 Å². The van der Waals surface area contributed by atoms with E-state index in [0.717, 1.165) is 35.1 Å². The number of hydrogen-bond donors (Lipinski definition) is 0. The number of benzene rings is 2. The van der Waals surface area contributed by atoms with E-state index in [1.807, 2.05) is 31.2 Å². The fourth-order valence-electron chi connectivity index (χ4n) is 2.57. The molecule has 3 rings (SSSR count). The van der Waals surface area contributed by atoms with Crippen molar-refractivity contribution in [2.45, 2.75) is 32.9 Å². The van der Waals surface area contributed by atoms with Gasteiger partial charge < -0.3 is 4.74 Å². The molecule has 0 radical (unpaired) electrons. The quantitative estimate of drug-likeness (QED) is 0.491. The molecule has 7 heteroatoms. The minimum atomic E-state index is -0.319. The zero-order chi connectivity index (χ0) is 20.3. The van der Waals surface area contributed by atoms with Crippen molar-refractivity contribution in [3.63, 3.8) is 0 Å². The van der Waals surface area contributed by atoms with Crippen LogP contribution in [-0.2, 0) is 11.3 Å². The van der Waals surface area contributed by atoms with Crippen LogP contribution in [0, 0.1) is 0 Å². The summed E-state index contributed by atoms with van der Waals surface area (Å²) in [6, 6.07) is 12.5. The van der Waals surface area contributed by atoms with Crippen molar-refractivity contribution in [1.82, 2.24) is 4.90 Å². The lowest BCUT2D eigenvalue weighted by atomic mass is 10.2. The predicted octanol–water partition coefficient (Wildman–Crippen LogP) is 6.41. The molecule has 0 saturated carbocycles. The largest absolute Gasteiger partial charge is 0.491 e. The van der Waals surface area contributed by atoms with Crippen LogP contribution in [0.1, 0.15) is 31.4 Å². The fourth-order valence-corrected chi connectivity index (χ4v) is 3.73. The number of hydrogen-bond acceptors (Lipinski definition) is 4. The Kier molecular flexibility index (Phi) is 6.70. The second-order valence-corrected chi connectivity index (χ2v) is 8.23. The van der Waals surface area contributed by atoms with Crippen molar-refractivity contribution in [1.29, 1.82) is 0 Å². The molecule has 0 bridgehead atoms. The van der Waals surface area contributed by atoms with E-state index in [0.29, 0.717) is 15.0 Å². The maximum Gasteiger partial charge on any atom is 0.293 e. The second kappa shape index (κ2) is 9.03. The summed E-state index contributed by atoms with van der Waals surface area (Å²) in [4.78, 5) is 26.6. The summed E-state index contributed by atoms with van der Waals surface area (Å²) in [5.41, 5.74) is 1.57. The first-order valence-electron chi connectivity index (χ1n) is 8.83. The molecule has 0 spiro atoms. The van der Waals surface area contributed by atoms with Crippen LogP contribution in [0.2, 0.25) is 10.0 Å². The third-order valence-electron chi connectivity index (χ3n) is 4.29. The Balaban J connectivity index is 1.72. The number of ether oxygens (including phenoxy) is 1. The van der Waals surface area contributed by atoms with Gasteiger partial charge in [0.15, 0.2) is 0 Å². The number of amides is 2. The van der Waals surface area contributed by atoms with Crippen LogP contribution in [0.5, 0.6) is 5.75 Å². The first-order valence-corrected chi connectivity index (χ1v) is 10.4. The Morgan fingerprint density at radius 2 is 1.82 bits per heavy atom. The maximum absolute atomic E-state index is 12.7. The molecular formula is C21H19Cl2NO3S. The molecule has 1 saturated heterocycles. The van der Waals surface area contributed by atoms with E-state index in [2.05, 4.69) is 6.92 Å². The average molecular weight is 436 g/mol. The van der Waals surface area contributed by atoms with E-state index < -0.39 is 0 Å². The molecule has 0 aromatic heterocycles. The monoisotopic (exact) mass is 435 g/mol. The standard InChI is InChI=1S/C21H19Cl2NO3S/c1-3-13(2)27-16-7-4-14(5-8-16)11-19-20(25)24(21(26)28-19)12-15-6-9-17(22)18(23)10-15/h4-11,13H,3,12H2,1-2H3/b19-11-/t13-/m1/s1. The van der Waals surface area contributed by atoms with Crippen molar-refractivity contribution >= 4 is 52.2 Å². The van der Waals surface area contributed by atoms with Crippen molar-refractivity contribution in [3.05, 3.63) is 68.5 Å². The lowest BCUT2D eigenvalue weighted by Crippen LogP contribution is -2.27. The molecule has 0 N–H and O–H groups in total. The fraction of sp³-hybridized carbons (Fsp3) is 0.238. The van der Waals surface area contributed by atoms with Crippen molar-refractivity contribution < 1.29 is 14.3 Å². The smallest absolute Gasteiger partial charge is 0.293 e. The maximum atomic E-state index is 12.7. The highest BCUT2D eigenvalue weighted by atomic mass is 35.5. The van der Waals surface area contributed by atoms with E-state index in [-0.39, 0.29) is 23.8 Å². The minimum Gasteiger partial charge on any atom is -0.491 e. The van der Waals surface area contributed by atoms with Gasteiger partial charge in [-0.3, -0.25) is 14.5 Å². The zero-order valence-electron chi connectivity index (χ0n) is 15.4. The molecule has 2 aromatic rings. The van der Waals surface area contributed by atoms with Crippen LogP contribution in [-0.4, -0.2) is 22.2 Å². The number of nitrogens with zero attached hydrogens (tertiary/aromatic N) is 1. The third-order valence-corrected chi connectivity index (χ3v) is 5.93. The number of rotatable bonds is 6.